The van der Waals surface area contributed by atoms with Gasteiger partial charge in [0, 0.05) is 18.6 Å². The van der Waals surface area contributed by atoms with Gasteiger partial charge in [-0.3, -0.25) is 0 Å². The molecule has 0 aliphatic carbocycles. The molecule has 1 fully saturated rings. The van der Waals surface area contributed by atoms with Crippen molar-refractivity contribution < 1.29 is 4.74 Å². The first-order chi connectivity index (χ1) is 6.72. The molecule has 1 aliphatic heterocycles. The average molecular weight is 196 g/mol. The smallest absolute Gasteiger partial charge is 0.0660 e. The van der Waals surface area contributed by atoms with Crippen molar-refractivity contribution in [2.24, 2.45) is 0 Å². The van der Waals surface area contributed by atoms with Crippen molar-refractivity contribution in [3.8, 4) is 12.3 Å². The SMILES string of the molecule is C#CC(C)NC(C)CC1COCCN1. The van der Waals surface area contributed by atoms with Crippen LogP contribution in [0.2, 0.25) is 0 Å². The average Bonchev–Trinajstić information content (AvgIpc) is 2.19. The van der Waals surface area contributed by atoms with Crippen LogP contribution < -0.4 is 10.6 Å². The van der Waals surface area contributed by atoms with E-state index in [1.807, 2.05) is 6.92 Å². The monoisotopic (exact) mass is 196 g/mol. The topological polar surface area (TPSA) is 33.3 Å². The minimum Gasteiger partial charge on any atom is -0.379 e. The molecule has 0 saturated carbocycles. The molecule has 0 aromatic rings. The summed E-state index contributed by atoms with van der Waals surface area (Å²) in [6, 6.07) is 1.05. The molecule has 14 heavy (non-hydrogen) atoms. The predicted molar refractivity (Wildman–Crippen MR) is 58.1 cm³/mol. The van der Waals surface area contributed by atoms with E-state index in [1.165, 1.54) is 0 Å². The maximum Gasteiger partial charge on any atom is 0.0660 e. The summed E-state index contributed by atoms with van der Waals surface area (Å²) < 4.78 is 5.38. The molecule has 3 atom stereocenters. The third-order valence-corrected chi connectivity index (χ3v) is 2.42. The van der Waals surface area contributed by atoms with Gasteiger partial charge in [0.15, 0.2) is 0 Å². The highest BCUT2D eigenvalue weighted by Crippen LogP contribution is 2.02. The zero-order chi connectivity index (χ0) is 10.4. The molecule has 0 spiro atoms. The quantitative estimate of drug-likeness (QED) is 0.637. The highest BCUT2D eigenvalue weighted by atomic mass is 16.5. The zero-order valence-corrected chi connectivity index (χ0v) is 9.05. The number of rotatable bonds is 4. The van der Waals surface area contributed by atoms with E-state index in [4.69, 9.17) is 11.2 Å². The van der Waals surface area contributed by atoms with Crippen LogP contribution in [0.15, 0.2) is 0 Å². The van der Waals surface area contributed by atoms with Gasteiger partial charge in [-0.25, -0.2) is 0 Å². The molecule has 1 saturated heterocycles. The molecule has 0 bridgehead atoms. The molecule has 3 nitrogen and oxygen atoms in total. The Labute approximate surface area is 86.6 Å². The second kappa shape index (κ2) is 6.02. The molecule has 80 valence electrons. The normalized spacial score (nSPS) is 26.5. The van der Waals surface area contributed by atoms with E-state index in [2.05, 4.69) is 23.5 Å². The molecule has 0 amide bonds. The molecule has 3 heteroatoms. The lowest BCUT2D eigenvalue weighted by Crippen LogP contribution is -2.46. The van der Waals surface area contributed by atoms with Gasteiger partial charge in [-0.05, 0) is 20.3 Å². The number of morpholine rings is 1. The Morgan fingerprint density at radius 3 is 3.00 bits per heavy atom. The maximum absolute atomic E-state index is 5.38. The van der Waals surface area contributed by atoms with Gasteiger partial charge in [-0.2, -0.15) is 0 Å². The number of ether oxygens (including phenoxy) is 1. The van der Waals surface area contributed by atoms with Crippen molar-refractivity contribution in [1.29, 1.82) is 0 Å². The zero-order valence-electron chi connectivity index (χ0n) is 9.05. The lowest BCUT2D eigenvalue weighted by Gasteiger charge is -2.27. The minimum absolute atomic E-state index is 0.148. The lowest BCUT2D eigenvalue weighted by atomic mass is 10.1. The van der Waals surface area contributed by atoms with Crippen LogP contribution in [0, 0.1) is 12.3 Å². The standard InChI is InChI=1S/C11H20N2O/c1-4-9(2)13-10(3)7-11-8-14-6-5-12-11/h1,9-13H,5-8H2,2-3H3. The van der Waals surface area contributed by atoms with Crippen molar-refractivity contribution in [3.05, 3.63) is 0 Å². The Morgan fingerprint density at radius 1 is 1.64 bits per heavy atom. The van der Waals surface area contributed by atoms with Gasteiger partial charge >= 0.3 is 0 Å². The van der Waals surface area contributed by atoms with Gasteiger partial charge in [-0.15, -0.1) is 6.42 Å². The van der Waals surface area contributed by atoms with Crippen LogP contribution in [0.25, 0.3) is 0 Å². The van der Waals surface area contributed by atoms with Gasteiger partial charge in [0.25, 0.3) is 0 Å². The van der Waals surface area contributed by atoms with Crippen LogP contribution in [-0.2, 0) is 4.74 Å². The molecule has 1 heterocycles. The van der Waals surface area contributed by atoms with Gasteiger partial charge in [-0.1, -0.05) is 5.92 Å². The first kappa shape index (κ1) is 11.5. The van der Waals surface area contributed by atoms with Crippen LogP contribution in [0.1, 0.15) is 20.3 Å². The fourth-order valence-corrected chi connectivity index (χ4v) is 1.74. The van der Waals surface area contributed by atoms with Crippen LogP contribution in [0.3, 0.4) is 0 Å². The molecule has 1 rings (SSSR count). The summed E-state index contributed by atoms with van der Waals surface area (Å²) in [5, 5.41) is 6.77. The fourth-order valence-electron chi connectivity index (χ4n) is 1.74. The van der Waals surface area contributed by atoms with Crippen LogP contribution in [-0.4, -0.2) is 37.9 Å². The van der Waals surface area contributed by atoms with E-state index in [9.17, 15) is 0 Å². The summed E-state index contributed by atoms with van der Waals surface area (Å²) in [4.78, 5) is 0. The van der Waals surface area contributed by atoms with Gasteiger partial charge in [0.1, 0.15) is 0 Å². The first-order valence-corrected chi connectivity index (χ1v) is 5.25. The van der Waals surface area contributed by atoms with Crippen molar-refractivity contribution in [3.63, 3.8) is 0 Å². The minimum atomic E-state index is 0.148. The Kier molecular flexibility index (Phi) is 4.95. The summed E-state index contributed by atoms with van der Waals surface area (Å²) in [6.45, 7) is 6.77. The first-order valence-electron chi connectivity index (χ1n) is 5.25. The summed E-state index contributed by atoms with van der Waals surface area (Å²) in [6.07, 6.45) is 6.36. The summed E-state index contributed by atoms with van der Waals surface area (Å²) in [5.41, 5.74) is 0. The molecule has 0 radical (unpaired) electrons. The molecule has 3 unspecified atom stereocenters. The van der Waals surface area contributed by atoms with Crippen LogP contribution in [0.5, 0.6) is 0 Å². The molecule has 2 N–H and O–H groups in total. The number of hydrogen-bond donors (Lipinski definition) is 2. The molecular formula is C11H20N2O. The van der Waals surface area contributed by atoms with Gasteiger partial charge < -0.3 is 15.4 Å². The predicted octanol–water partition coefficient (Wildman–Crippen LogP) is 0.365. The number of hydrogen-bond acceptors (Lipinski definition) is 3. The van der Waals surface area contributed by atoms with Crippen LogP contribution >= 0.6 is 0 Å². The lowest BCUT2D eigenvalue weighted by molar-refractivity contribution is 0.0711. The van der Waals surface area contributed by atoms with Crippen molar-refractivity contribution in [1.82, 2.24) is 10.6 Å². The van der Waals surface area contributed by atoms with Crippen LogP contribution in [0.4, 0.5) is 0 Å². The Balaban J connectivity index is 2.18. The Hall–Kier alpha value is -0.560. The van der Waals surface area contributed by atoms with Gasteiger partial charge in [0.2, 0.25) is 0 Å². The van der Waals surface area contributed by atoms with Gasteiger partial charge in [0.05, 0.1) is 19.3 Å². The largest absolute Gasteiger partial charge is 0.379 e. The Morgan fingerprint density at radius 2 is 2.43 bits per heavy atom. The fraction of sp³-hybridized carbons (Fsp3) is 0.818. The van der Waals surface area contributed by atoms with E-state index in [0.29, 0.717) is 12.1 Å². The Bertz CT molecular complexity index is 194. The highest BCUT2D eigenvalue weighted by molar-refractivity contribution is 4.97. The summed E-state index contributed by atoms with van der Waals surface area (Å²) in [7, 11) is 0. The van der Waals surface area contributed by atoms with Crippen molar-refractivity contribution in [2.45, 2.75) is 38.4 Å². The number of terminal acetylenes is 1. The third-order valence-electron chi connectivity index (χ3n) is 2.42. The van der Waals surface area contributed by atoms with E-state index < -0.39 is 0 Å². The second-order valence-electron chi connectivity index (χ2n) is 3.92. The third kappa shape index (κ3) is 4.10. The highest BCUT2D eigenvalue weighted by Gasteiger charge is 2.16. The van der Waals surface area contributed by atoms with E-state index in [1.54, 1.807) is 0 Å². The molecular weight excluding hydrogens is 176 g/mol. The second-order valence-corrected chi connectivity index (χ2v) is 3.92. The van der Waals surface area contributed by atoms with Crippen molar-refractivity contribution >= 4 is 0 Å². The molecule has 1 aliphatic rings. The van der Waals surface area contributed by atoms with E-state index in [-0.39, 0.29) is 6.04 Å². The van der Waals surface area contributed by atoms with Crippen molar-refractivity contribution in [2.75, 3.05) is 19.8 Å². The summed E-state index contributed by atoms with van der Waals surface area (Å²) >= 11 is 0. The number of nitrogens with one attached hydrogen (secondary N) is 2. The maximum atomic E-state index is 5.38. The molecule has 0 aromatic heterocycles. The van der Waals surface area contributed by atoms with E-state index >= 15 is 0 Å². The molecule has 0 aromatic carbocycles. The summed E-state index contributed by atoms with van der Waals surface area (Å²) in [5.74, 6) is 2.67. The van der Waals surface area contributed by atoms with E-state index in [0.717, 1.165) is 26.2 Å².